The summed E-state index contributed by atoms with van der Waals surface area (Å²) in [5.74, 6) is 0.697. The molecule has 0 bridgehead atoms. The summed E-state index contributed by atoms with van der Waals surface area (Å²) in [7, 11) is 0.131. The molecule has 2 heterocycles. The van der Waals surface area contributed by atoms with Crippen LogP contribution in [0.5, 0.6) is 5.75 Å². The van der Waals surface area contributed by atoms with E-state index in [1.165, 1.54) is 0 Å². The molecule has 1 aromatic carbocycles. The molecule has 0 amide bonds. The van der Waals surface area contributed by atoms with Crippen LogP contribution in [0.1, 0.15) is 12.0 Å². The zero-order valence-corrected chi connectivity index (χ0v) is 14.7. The van der Waals surface area contributed by atoms with Crippen LogP contribution in [-0.2, 0) is 14.8 Å². The van der Waals surface area contributed by atoms with Gasteiger partial charge in [-0.15, -0.1) is 0 Å². The molecule has 23 heavy (non-hydrogen) atoms. The van der Waals surface area contributed by atoms with Crippen LogP contribution in [-0.4, -0.2) is 70.2 Å². The molecule has 0 aliphatic carbocycles. The Labute approximate surface area is 138 Å². The monoisotopic (exact) mass is 340 g/mol. The number of rotatable bonds is 3. The van der Waals surface area contributed by atoms with Gasteiger partial charge in [-0.1, -0.05) is 0 Å². The predicted molar refractivity (Wildman–Crippen MR) is 87.3 cm³/mol. The number of piperidine rings is 1. The largest absolute Gasteiger partial charge is 0.496 e. The first kappa shape index (κ1) is 16.7. The van der Waals surface area contributed by atoms with Crippen molar-refractivity contribution in [1.82, 2.24) is 9.21 Å². The number of methoxy groups -OCH3 is 1. The van der Waals surface area contributed by atoms with E-state index in [2.05, 4.69) is 4.90 Å². The summed E-state index contributed by atoms with van der Waals surface area (Å²) in [5.41, 5.74) is 0.821. The molecule has 0 spiro atoms. The van der Waals surface area contributed by atoms with Gasteiger partial charge in [-0.2, -0.15) is 4.31 Å². The Balaban J connectivity index is 1.84. The zero-order chi connectivity index (χ0) is 16.6. The van der Waals surface area contributed by atoms with E-state index in [1.54, 1.807) is 29.6 Å². The van der Waals surface area contributed by atoms with Gasteiger partial charge in [0.1, 0.15) is 5.75 Å². The molecular formula is C16H24N2O4S. The fourth-order valence-electron chi connectivity index (χ4n) is 3.39. The number of benzene rings is 1. The molecule has 2 saturated heterocycles. The SMILES string of the molecule is COc1ccc(S(=O)(=O)N2CCC3OCCN(C)C3C2)cc1C. The molecule has 2 unspecified atom stereocenters. The fraction of sp³-hybridized carbons (Fsp3) is 0.625. The highest BCUT2D eigenvalue weighted by atomic mass is 32.2. The van der Waals surface area contributed by atoms with Gasteiger partial charge in [0.15, 0.2) is 0 Å². The van der Waals surface area contributed by atoms with Crippen molar-refractivity contribution < 1.29 is 17.9 Å². The van der Waals surface area contributed by atoms with Gasteiger partial charge in [0, 0.05) is 25.7 Å². The Morgan fingerprint density at radius 1 is 1.30 bits per heavy atom. The van der Waals surface area contributed by atoms with Gasteiger partial charge in [-0.3, -0.25) is 4.90 Å². The van der Waals surface area contributed by atoms with Crippen molar-refractivity contribution in [3.63, 3.8) is 0 Å². The topological polar surface area (TPSA) is 59.1 Å². The fourth-order valence-corrected chi connectivity index (χ4v) is 4.95. The molecule has 1 aromatic rings. The van der Waals surface area contributed by atoms with Crippen molar-refractivity contribution in [2.75, 3.05) is 40.4 Å². The summed E-state index contributed by atoms with van der Waals surface area (Å²) in [4.78, 5) is 2.53. The van der Waals surface area contributed by atoms with Crippen LogP contribution in [0.15, 0.2) is 23.1 Å². The number of morpholine rings is 1. The van der Waals surface area contributed by atoms with Crippen LogP contribution in [0.3, 0.4) is 0 Å². The lowest BCUT2D eigenvalue weighted by Crippen LogP contribution is -2.59. The Morgan fingerprint density at radius 3 is 2.78 bits per heavy atom. The summed E-state index contributed by atoms with van der Waals surface area (Å²) < 4.78 is 38.5. The number of nitrogens with zero attached hydrogens (tertiary/aromatic N) is 2. The lowest BCUT2D eigenvalue weighted by Gasteiger charge is -2.45. The molecular weight excluding hydrogens is 316 g/mol. The number of sulfonamides is 1. The number of likely N-dealkylation sites (N-methyl/N-ethyl adjacent to an activating group) is 1. The van der Waals surface area contributed by atoms with E-state index in [-0.39, 0.29) is 12.1 Å². The molecule has 128 valence electrons. The van der Waals surface area contributed by atoms with E-state index in [0.29, 0.717) is 23.7 Å². The summed E-state index contributed by atoms with van der Waals surface area (Å²) in [6.07, 6.45) is 0.876. The Hall–Kier alpha value is -1.15. The van der Waals surface area contributed by atoms with Crippen molar-refractivity contribution in [2.45, 2.75) is 30.4 Å². The maximum absolute atomic E-state index is 12.9. The number of aryl methyl sites for hydroxylation is 1. The summed E-state index contributed by atoms with van der Waals surface area (Å²) in [5, 5.41) is 0. The van der Waals surface area contributed by atoms with Crippen molar-refractivity contribution in [2.24, 2.45) is 0 Å². The average Bonchev–Trinajstić information content (AvgIpc) is 2.54. The highest BCUT2D eigenvalue weighted by Gasteiger charge is 2.39. The third kappa shape index (κ3) is 3.10. The molecule has 2 aliphatic heterocycles. The highest BCUT2D eigenvalue weighted by molar-refractivity contribution is 7.89. The summed E-state index contributed by atoms with van der Waals surface area (Å²) in [6, 6.07) is 5.15. The quantitative estimate of drug-likeness (QED) is 0.825. The van der Waals surface area contributed by atoms with Crippen LogP contribution in [0, 0.1) is 6.92 Å². The molecule has 2 atom stereocenters. The van der Waals surface area contributed by atoms with E-state index in [0.717, 1.165) is 25.1 Å². The third-order valence-electron chi connectivity index (χ3n) is 4.83. The van der Waals surface area contributed by atoms with E-state index in [4.69, 9.17) is 9.47 Å². The molecule has 7 heteroatoms. The highest BCUT2D eigenvalue weighted by Crippen LogP contribution is 2.28. The average molecular weight is 340 g/mol. The van der Waals surface area contributed by atoms with Gasteiger partial charge in [0.2, 0.25) is 10.0 Å². The van der Waals surface area contributed by atoms with Gasteiger partial charge < -0.3 is 9.47 Å². The molecule has 3 rings (SSSR count). The first-order valence-corrected chi connectivity index (χ1v) is 9.34. The maximum atomic E-state index is 12.9. The van der Waals surface area contributed by atoms with Crippen molar-refractivity contribution in [1.29, 1.82) is 0 Å². The normalized spacial score (nSPS) is 26.7. The number of ether oxygens (including phenoxy) is 2. The van der Waals surface area contributed by atoms with Crippen LogP contribution in [0.25, 0.3) is 0 Å². The minimum absolute atomic E-state index is 0.131. The Bertz CT molecular complexity index is 677. The molecule has 0 N–H and O–H groups in total. The van der Waals surface area contributed by atoms with Gasteiger partial charge in [0.25, 0.3) is 0 Å². The van der Waals surface area contributed by atoms with E-state index in [9.17, 15) is 8.42 Å². The standard InChI is InChI=1S/C16H24N2O4S/c1-12-10-13(4-5-15(12)21-3)23(19,20)18-7-6-16-14(11-18)17(2)8-9-22-16/h4-5,10,14,16H,6-9,11H2,1-3H3. The van der Waals surface area contributed by atoms with Gasteiger partial charge >= 0.3 is 0 Å². The van der Waals surface area contributed by atoms with Gasteiger partial charge in [-0.25, -0.2) is 8.42 Å². The van der Waals surface area contributed by atoms with E-state index >= 15 is 0 Å². The minimum Gasteiger partial charge on any atom is -0.496 e. The summed E-state index contributed by atoms with van der Waals surface area (Å²) >= 11 is 0. The van der Waals surface area contributed by atoms with Crippen molar-refractivity contribution in [3.8, 4) is 5.75 Å². The van der Waals surface area contributed by atoms with Crippen LogP contribution in [0.2, 0.25) is 0 Å². The van der Waals surface area contributed by atoms with Crippen LogP contribution in [0.4, 0.5) is 0 Å². The lowest BCUT2D eigenvalue weighted by molar-refractivity contribution is -0.0840. The second-order valence-corrected chi connectivity index (χ2v) is 8.18. The molecule has 0 aromatic heterocycles. The van der Waals surface area contributed by atoms with Crippen LogP contribution < -0.4 is 4.74 Å². The third-order valence-corrected chi connectivity index (χ3v) is 6.69. The van der Waals surface area contributed by atoms with Gasteiger partial charge in [-0.05, 0) is 44.2 Å². The maximum Gasteiger partial charge on any atom is 0.243 e. The zero-order valence-electron chi connectivity index (χ0n) is 13.9. The molecule has 0 radical (unpaired) electrons. The van der Waals surface area contributed by atoms with Crippen molar-refractivity contribution >= 4 is 10.0 Å². The van der Waals surface area contributed by atoms with E-state index < -0.39 is 10.0 Å². The Morgan fingerprint density at radius 2 is 2.09 bits per heavy atom. The summed E-state index contributed by atoms with van der Waals surface area (Å²) in [6.45, 7) is 4.41. The smallest absolute Gasteiger partial charge is 0.243 e. The molecule has 6 nitrogen and oxygen atoms in total. The first-order chi connectivity index (χ1) is 10.9. The second-order valence-electron chi connectivity index (χ2n) is 6.24. The molecule has 2 aliphatic rings. The Kier molecular flexibility index (Phi) is 4.64. The molecule has 2 fully saturated rings. The van der Waals surface area contributed by atoms with E-state index in [1.807, 2.05) is 14.0 Å². The number of fused-ring (bicyclic) bond motifs is 1. The predicted octanol–water partition coefficient (Wildman–Crippen LogP) is 1.10. The molecule has 0 saturated carbocycles. The number of hydrogen-bond acceptors (Lipinski definition) is 5. The first-order valence-electron chi connectivity index (χ1n) is 7.90. The lowest BCUT2D eigenvalue weighted by atomic mass is 10.0. The minimum atomic E-state index is -3.49. The second kappa shape index (κ2) is 6.39. The number of hydrogen-bond donors (Lipinski definition) is 0. The van der Waals surface area contributed by atoms with Gasteiger partial charge in [0.05, 0.1) is 24.7 Å². The van der Waals surface area contributed by atoms with Crippen LogP contribution >= 0.6 is 0 Å². The van der Waals surface area contributed by atoms with Crippen molar-refractivity contribution in [3.05, 3.63) is 23.8 Å².